The monoisotopic (exact) mass is 233 g/mol. The number of thiazole rings is 1. The highest BCUT2D eigenvalue weighted by molar-refractivity contribution is 7.14. The van der Waals surface area contributed by atoms with Crippen molar-refractivity contribution in [1.29, 1.82) is 0 Å². The van der Waals surface area contributed by atoms with Crippen LogP contribution >= 0.6 is 22.9 Å². The van der Waals surface area contributed by atoms with Crippen molar-refractivity contribution < 1.29 is 4.79 Å². The number of aromatic nitrogens is 1. The van der Waals surface area contributed by atoms with E-state index in [0.717, 1.165) is 0 Å². The molecule has 0 unspecified atom stereocenters. The van der Waals surface area contributed by atoms with Crippen LogP contribution in [0.3, 0.4) is 0 Å². The Bertz CT molecular complexity index is 337. The number of rotatable bonds is 4. The summed E-state index contributed by atoms with van der Waals surface area (Å²) in [6.07, 6.45) is 0. The minimum atomic E-state index is -0.585. The molecule has 0 radical (unpaired) electrons. The average Bonchev–Trinajstić information content (AvgIpc) is 2.48. The average molecular weight is 234 g/mol. The lowest BCUT2D eigenvalue weighted by atomic mass is 9.93. The number of carbonyl (C=O) groups is 1. The largest absolute Gasteiger partial charge is 0.369 e. The number of carbonyl (C=O) groups excluding carboxylic acids is 1. The van der Waals surface area contributed by atoms with E-state index in [0.29, 0.717) is 16.8 Å². The van der Waals surface area contributed by atoms with E-state index in [1.54, 1.807) is 19.2 Å². The van der Waals surface area contributed by atoms with E-state index < -0.39 is 5.41 Å². The summed E-state index contributed by atoms with van der Waals surface area (Å²) in [5.41, 5.74) is 4.63. The molecule has 1 aromatic heterocycles. The normalized spacial score (nSPS) is 11.4. The highest BCUT2D eigenvalue weighted by Gasteiger charge is 2.24. The Kier molecular flexibility index (Phi) is 3.34. The third-order valence-electron chi connectivity index (χ3n) is 1.82. The second kappa shape index (κ2) is 4.14. The first-order valence-corrected chi connectivity index (χ1v) is 5.32. The molecule has 0 aromatic carbocycles. The highest BCUT2D eigenvalue weighted by atomic mass is 35.5. The topological polar surface area (TPSA) is 68.0 Å². The van der Waals surface area contributed by atoms with Crippen LogP contribution in [0.4, 0.5) is 5.13 Å². The Morgan fingerprint density at radius 3 is 2.86 bits per heavy atom. The van der Waals surface area contributed by atoms with Gasteiger partial charge in [-0.05, 0) is 13.8 Å². The van der Waals surface area contributed by atoms with E-state index in [-0.39, 0.29) is 5.91 Å². The lowest BCUT2D eigenvalue weighted by Crippen LogP contribution is -2.37. The molecule has 6 heteroatoms. The van der Waals surface area contributed by atoms with E-state index in [2.05, 4.69) is 10.3 Å². The first-order valence-electron chi connectivity index (χ1n) is 4.06. The lowest BCUT2D eigenvalue weighted by Gasteiger charge is -2.20. The molecule has 0 saturated heterocycles. The van der Waals surface area contributed by atoms with Crippen molar-refractivity contribution in [3.63, 3.8) is 0 Å². The molecule has 1 heterocycles. The minimum Gasteiger partial charge on any atom is -0.369 e. The summed E-state index contributed by atoms with van der Waals surface area (Å²) >= 11 is 7.04. The van der Waals surface area contributed by atoms with Crippen molar-refractivity contribution in [2.45, 2.75) is 13.8 Å². The molecular formula is C8H12ClN3OS. The molecule has 14 heavy (non-hydrogen) atoms. The fourth-order valence-electron chi connectivity index (χ4n) is 0.719. The van der Waals surface area contributed by atoms with Gasteiger partial charge in [-0.2, -0.15) is 0 Å². The molecule has 78 valence electrons. The van der Waals surface area contributed by atoms with Crippen LogP contribution in [0.1, 0.15) is 13.8 Å². The minimum absolute atomic E-state index is 0.340. The molecule has 0 fully saturated rings. The number of halogens is 1. The molecule has 0 bridgehead atoms. The molecular weight excluding hydrogens is 222 g/mol. The zero-order valence-corrected chi connectivity index (χ0v) is 9.58. The fourth-order valence-corrected chi connectivity index (χ4v) is 1.56. The standard InChI is InChI=1S/C8H12ClN3OS/c1-8(2,6(10)13)4-11-7-12-5(9)3-14-7/h3H,4H2,1-2H3,(H2,10,13)(H,11,12). The van der Waals surface area contributed by atoms with Crippen LogP contribution in [-0.2, 0) is 4.79 Å². The van der Waals surface area contributed by atoms with Gasteiger partial charge in [-0.3, -0.25) is 4.79 Å². The van der Waals surface area contributed by atoms with Gasteiger partial charge in [0.05, 0.1) is 5.41 Å². The van der Waals surface area contributed by atoms with Gasteiger partial charge >= 0.3 is 0 Å². The van der Waals surface area contributed by atoms with Gasteiger partial charge in [-0.15, -0.1) is 11.3 Å². The number of nitrogens with zero attached hydrogens (tertiary/aromatic N) is 1. The molecule has 0 spiro atoms. The van der Waals surface area contributed by atoms with Crippen molar-refractivity contribution in [3.05, 3.63) is 10.5 Å². The molecule has 0 saturated carbocycles. The highest BCUT2D eigenvalue weighted by Crippen LogP contribution is 2.21. The van der Waals surface area contributed by atoms with Crippen LogP contribution in [0.2, 0.25) is 5.15 Å². The number of hydrogen-bond donors (Lipinski definition) is 2. The SMILES string of the molecule is CC(C)(CNc1nc(Cl)cs1)C(N)=O. The van der Waals surface area contributed by atoms with Crippen LogP contribution in [0.25, 0.3) is 0 Å². The number of primary amides is 1. The predicted octanol–water partition coefficient (Wildman–Crippen LogP) is 1.72. The van der Waals surface area contributed by atoms with E-state index in [1.807, 2.05) is 0 Å². The van der Waals surface area contributed by atoms with E-state index >= 15 is 0 Å². The van der Waals surface area contributed by atoms with Crippen molar-refractivity contribution in [1.82, 2.24) is 4.98 Å². The second-order valence-electron chi connectivity index (χ2n) is 3.58. The summed E-state index contributed by atoms with van der Waals surface area (Å²) < 4.78 is 0. The number of nitrogens with two attached hydrogens (primary N) is 1. The van der Waals surface area contributed by atoms with Crippen molar-refractivity contribution in [2.24, 2.45) is 11.1 Å². The van der Waals surface area contributed by atoms with Gasteiger partial charge in [0.1, 0.15) is 5.15 Å². The Balaban J connectivity index is 2.52. The molecule has 1 aromatic rings. The van der Waals surface area contributed by atoms with Gasteiger partial charge in [-0.25, -0.2) is 4.98 Å². The van der Waals surface area contributed by atoms with Crippen molar-refractivity contribution in [3.8, 4) is 0 Å². The van der Waals surface area contributed by atoms with E-state index in [1.165, 1.54) is 11.3 Å². The third kappa shape index (κ3) is 2.85. The Labute approximate surface area is 91.5 Å². The van der Waals surface area contributed by atoms with Crippen LogP contribution in [0.5, 0.6) is 0 Å². The van der Waals surface area contributed by atoms with Gasteiger partial charge < -0.3 is 11.1 Å². The summed E-state index contributed by atoms with van der Waals surface area (Å²) in [7, 11) is 0. The summed E-state index contributed by atoms with van der Waals surface area (Å²) in [6.45, 7) is 4.00. The maximum atomic E-state index is 11.0. The maximum absolute atomic E-state index is 11.0. The quantitative estimate of drug-likeness (QED) is 0.832. The van der Waals surface area contributed by atoms with Crippen LogP contribution in [0, 0.1) is 5.41 Å². The Morgan fingerprint density at radius 1 is 1.79 bits per heavy atom. The fraction of sp³-hybridized carbons (Fsp3) is 0.500. The third-order valence-corrected chi connectivity index (χ3v) is 2.95. The van der Waals surface area contributed by atoms with Gasteiger partial charge in [0.25, 0.3) is 0 Å². The molecule has 4 nitrogen and oxygen atoms in total. The Hall–Kier alpha value is -0.810. The first-order chi connectivity index (χ1) is 6.42. The summed E-state index contributed by atoms with van der Waals surface area (Å²) in [6, 6.07) is 0. The molecule has 0 aliphatic rings. The van der Waals surface area contributed by atoms with Crippen LogP contribution in [-0.4, -0.2) is 17.4 Å². The van der Waals surface area contributed by atoms with Crippen LogP contribution < -0.4 is 11.1 Å². The summed E-state index contributed by atoms with van der Waals surface area (Å²) in [4.78, 5) is 15.0. The van der Waals surface area contributed by atoms with Gasteiger partial charge in [0.2, 0.25) is 5.91 Å². The molecule has 1 amide bonds. The molecule has 1 rings (SSSR count). The second-order valence-corrected chi connectivity index (χ2v) is 4.82. The van der Waals surface area contributed by atoms with Crippen molar-refractivity contribution >= 4 is 34.0 Å². The number of amides is 1. The number of hydrogen-bond acceptors (Lipinski definition) is 4. The number of anilines is 1. The predicted molar refractivity (Wildman–Crippen MR) is 58.6 cm³/mol. The summed E-state index contributed by atoms with van der Waals surface area (Å²) in [5, 5.41) is 5.88. The van der Waals surface area contributed by atoms with E-state index in [4.69, 9.17) is 17.3 Å². The van der Waals surface area contributed by atoms with E-state index in [9.17, 15) is 4.79 Å². The van der Waals surface area contributed by atoms with Gasteiger partial charge in [0, 0.05) is 11.9 Å². The van der Waals surface area contributed by atoms with Gasteiger partial charge in [-0.1, -0.05) is 11.6 Å². The molecule has 0 aliphatic heterocycles. The zero-order chi connectivity index (χ0) is 10.8. The maximum Gasteiger partial charge on any atom is 0.224 e. The van der Waals surface area contributed by atoms with Crippen LogP contribution in [0.15, 0.2) is 5.38 Å². The Morgan fingerprint density at radius 2 is 2.43 bits per heavy atom. The molecule has 0 atom stereocenters. The number of nitrogens with one attached hydrogen (secondary N) is 1. The van der Waals surface area contributed by atoms with Crippen molar-refractivity contribution in [2.75, 3.05) is 11.9 Å². The molecule has 0 aliphatic carbocycles. The lowest BCUT2D eigenvalue weighted by molar-refractivity contribution is -0.125. The first kappa shape index (κ1) is 11.3. The summed E-state index contributed by atoms with van der Waals surface area (Å²) in [5.74, 6) is -0.340. The smallest absolute Gasteiger partial charge is 0.224 e. The van der Waals surface area contributed by atoms with Gasteiger partial charge in [0.15, 0.2) is 5.13 Å². The zero-order valence-electron chi connectivity index (χ0n) is 8.00. The molecule has 3 N–H and O–H groups in total.